The van der Waals surface area contributed by atoms with Crippen LogP contribution in [0.4, 0.5) is 5.82 Å². The summed E-state index contributed by atoms with van der Waals surface area (Å²) in [5, 5.41) is 0.852. The van der Waals surface area contributed by atoms with Crippen LogP contribution < -0.4 is 10.2 Å². The lowest BCUT2D eigenvalue weighted by Gasteiger charge is -2.34. The highest BCUT2D eigenvalue weighted by atomic mass is 31.2. The Morgan fingerprint density at radius 2 is 1.91 bits per heavy atom. The first-order chi connectivity index (χ1) is 10.1. The van der Waals surface area contributed by atoms with Crippen molar-refractivity contribution in [2.45, 2.75) is 39.2 Å². The number of hydrogen-bond acceptors (Lipinski definition) is 4. The fraction of sp³-hybridized carbons (Fsp3) is 0.706. The normalized spacial score (nSPS) is 17.8. The number of nitrogens with zero attached hydrogens (tertiary/aromatic N) is 2. The highest BCUT2D eigenvalue weighted by molar-refractivity contribution is 7.70. The van der Waals surface area contributed by atoms with Crippen molar-refractivity contribution < 1.29 is 9.30 Å². The molecule has 0 aromatic carbocycles. The molecule has 0 aliphatic carbocycles. The smallest absolute Gasteiger partial charge is 0.128 e. The zero-order chi connectivity index (χ0) is 16.4. The van der Waals surface area contributed by atoms with Gasteiger partial charge in [-0.25, -0.2) is 4.98 Å². The van der Waals surface area contributed by atoms with Gasteiger partial charge in [-0.15, -0.1) is 0 Å². The van der Waals surface area contributed by atoms with Gasteiger partial charge in [0, 0.05) is 24.6 Å². The van der Waals surface area contributed by atoms with Gasteiger partial charge in [0.15, 0.2) is 0 Å². The maximum Gasteiger partial charge on any atom is 0.128 e. The molecule has 1 aromatic heterocycles. The highest BCUT2D eigenvalue weighted by Crippen LogP contribution is 2.34. The van der Waals surface area contributed by atoms with Crippen LogP contribution in [0.15, 0.2) is 18.3 Å². The summed E-state index contributed by atoms with van der Waals surface area (Å²) in [6, 6.07) is 3.96. The SMILES string of the molecule is CC(C)(C)OCC1CCN(c2ccc(P(C)(C)=O)cn2)CC1. The van der Waals surface area contributed by atoms with E-state index < -0.39 is 7.14 Å². The summed E-state index contributed by atoms with van der Waals surface area (Å²) in [5.74, 6) is 1.63. The van der Waals surface area contributed by atoms with Crippen molar-refractivity contribution in [3.8, 4) is 0 Å². The van der Waals surface area contributed by atoms with Crippen molar-refractivity contribution in [2.75, 3.05) is 37.9 Å². The van der Waals surface area contributed by atoms with Gasteiger partial charge in [0.25, 0.3) is 0 Å². The summed E-state index contributed by atoms with van der Waals surface area (Å²) < 4.78 is 17.9. The Labute approximate surface area is 134 Å². The topological polar surface area (TPSA) is 42.4 Å². The molecule has 4 nitrogen and oxygen atoms in total. The zero-order valence-corrected chi connectivity index (χ0v) is 15.4. The number of rotatable bonds is 4. The van der Waals surface area contributed by atoms with Crippen LogP contribution in [0.1, 0.15) is 33.6 Å². The molecule has 0 amide bonds. The lowest BCUT2D eigenvalue weighted by Crippen LogP contribution is -2.36. The van der Waals surface area contributed by atoms with E-state index >= 15 is 0 Å². The third-order valence-corrected chi connectivity index (χ3v) is 5.55. The van der Waals surface area contributed by atoms with Crippen LogP contribution in [0.2, 0.25) is 0 Å². The van der Waals surface area contributed by atoms with Gasteiger partial charge in [-0.1, -0.05) is 0 Å². The number of aromatic nitrogens is 1. The second-order valence-electron chi connectivity index (χ2n) is 7.58. The molecule has 0 radical (unpaired) electrons. The molecule has 22 heavy (non-hydrogen) atoms. The van der Waals surface area contributed by atoms with Crippen molar-refractivity contribution in [1.82, 2.24) is 4.98 Å². The third-order valence-electron chi connectivity index (χ3n) is 4.04. The van der Waals surface area contributed by atoms with E-state index in [-0.39, 0.29) is 5.60 Å². The first kappa shape index (κ1) is 17.5. The maximum absolute atomic E-state index is 12.0. The Kier molecular flexibility index (Phi) is 5.34. The Bertz CT molecular complexity index is 523. The molecule has 0 saturated carbocycles. The largest absolute Gasteiger partial charge is 0.376 e. The number of ether oxygens (including phenoxy) is 1. The summed E-state index contributed by atoms with van der Waals surface area (Å²) in [4.78, 5) is 6.81. The lowest BCUT2D eigenvalue weighted by atomic mass is 9.97. The molecule has 2 heterocycles. The molecule has 2 rings (SSSR count). The van der Waals surface area contributed by atoms with Gasteiger partial charge in [-0.05, 0) is 65.0 Å². The van der Waals surface area contributed by atoms with Gasteiger partial charge in [-0.3, -0.25) is 0 Å². The predicted octanol–water partition coefficient (Wildman–Crippen LogP) is 3.36. The molecule has 0 unspecified atom stereocenters. The Morgan fingerprint density at radius 3 is 2.36 bits per heavy atom. The summed E-state index contributed by atoms with van der Waals surface area (Å²) in [5.41, 5.74) is -0.0528. The number of piperidine rings is 1. The van der Waals surface area contributed by atoms with Crippen molar-refractivity contribution >= 4 is 18.3 Å². The molecule has 1 aromatic rings. The molecule has 1 aliphatic heterocycles. The average Bonchev–Trinajstić information content (AvgIpc) is 2.44. The molecule has 0 atom stereocenters. The van der Waals surface area contributed by atoms with E-state index in [2.05, 4.69) is 30.7 Å². The second kappa shape index (κ2) is 6.72. The lowest BCUT2D eigenvalue weighted by molar-refractivity contribution is -0.0257. The van der Waals surface area contributed by atoms with Gasteiger partial charge in [0.1, 0.15) is 13.0 Å². The van der Waals surface area contributed by atoms with E-state index in [9.17, 15) is 4.57 Å². The minimum Gasteiger partial charge on any atom is -0.376 e. The minimum absolute atomic E-state index is 0.0528. The predicted molar refractivity (Wildman–Crippen MR) is 94.0 cm³/mol. The van der Waals surface area contributed by atoms with Gasteiger partial charge >= 0.3 is 0 Å². The molecular weight excluding hydrogens is 295 g/mol. The standard InChI is InChI=1S/C17H29N2O2P/c1-17(2,3)21-13-14-8-10-19(11-9-14)16-7-6-15(12-18-16)22(4,5)20/h6-7,12,14H,8-11,13H2,1-5H3. The van der Waals surface area contributed by atoms with Crippen LogP contribution >= 0.6 is 7.14 Å². The maximum atomic E-state index is 12.0. The van der Waals surface area contributed by atoms with Crippen molar-refractivity contribution in [2.24, 2.45) is 5.92 Å². The highest BCUT2D eigenvalue weighted by Gasteiger charge is 2.22. The van der Waals surface area contributed by atoms with Crippen LogP contribution in [-0.2, 0) is 9.30 Å². The van der Waals surface area contributed by atoms with E-state index in [1.807, 2.05) is 12.1 Å². The summed E-state index contributed by atoms with van der Waals surface area (Å²) in [6.07, 6.45) is 4.05. The fourth-order valence-corrected chi connectivity index (χ4v) is 3.35. The van der Waals surface area contributed by atoms with Gasteiger partial charge < -0.3 is 14.2 Å². The molecule has 1 saturated heterocycles. The molecule has 5 heteroatoms. The van der Waals surface area contributed by atoms with E-state index in [4.69, 9.17) is 4.74 Å². The molecule has 124 valence electrons. The van der Waals surface area contributed by atoms with Crippen molar-refractivity contribution in [3.63, 3.8) is 0 Å². The van der Waals surface area contributed by atoms with E-state index in [0.29, 0.717) is 5.92 Å². The summed E-state index contributed by atoms with van der Waals surface area (Å²) >= 11 is 0. The third kappa shape index (κ3) is 5.10. The van der Waals surface area contributed by atoms with Crippen LogP contribution in [0.5, 0.6) is 0 Å². The molecule has 1 aliphatic rings. The van der Waals surface area contributed by atoms with Crippen molar-refractivity contribution in [3.05, 3.63) is 18.3 Å². The summed E-state index contributed by atoms with van der Waals surface area (Å²) in [7, 11) is -2.21. The van der Waals surface area contributed by atoms with Crippen LogP contribution in [0, 0.1) is 5.92 Å². The molecule has 0 N–H and O–H groups in total. The Balaban J connectivity index is 1.88. The van der Waals surface area contributed by atoms with Crippen LogP contribution in [-0.4, -0.2) is 43.6 Å². The second-order valence-corrected chi connectivity index (χ2v) is 10.8. The van der Waals surface area contributed by atoms with E-state index in [1.54, 1.807) is 19.5 Å². The minimum atomic E-state index is -2.21. The fourth-order valence-electron chi connectivity index (χ4n) is 2.58. The summed E-state index contributed by atoms with van der Waals surface area (Å²) in [6.45, 7) is 12.8. The monoisotopic (exact) mass is 324 g/mol. The first-order valence-corrected chi connectivity index (χ1v) is 10.7. The molecule has 0 spiro atoms. The first-order valence-electron chi connectivity index (χ1n) is 8.06. The Morgan fingerprint density at radius 1 is 1.27 bits per heavy atom. The molecular formula is C17H29N2O2P. The van der Waals surface area contributed by atoms with Gasteiger partial charge in [0.2, 0.25) is 0 Å². The van der Waals surface area contributed by atoms with Crippen LogP contribution in [0.3, 0.4) is 0 Å². The van der Waals surface area contributed by atoms with E-state index in [0.717, 1.165) is 43.7 Å². The van der Waals surface area contributed by atoms with Gasteiger partial charge in [0.05, 0.1) is 12.2 Å². The number of hydrogen-bond donors (Lipinski definition) is 0. The van der Waals surface area contributed by atoms with Gasteiger partial charge in [-0.2, -0.15) is 0 Å². The quantitative estimate of drug-likeness (QED) is 0.797. The molecule has 0 bridgehead atoms. The van der Waals surface area contributed by atoms with Crippen LogP contribution in [0.25, 0.3) is 0 Å². The molecule has 1 fully saturated rings. The average molecular weight is 324 g/mol. The van der Waals surface area contributed by atoms with Crippen molar-refractivity contribution in [1.29, 1.82) is 0 Å². The zero-order valence-electron chi connectivity index (χ0n) is 14.5. The number of anilines is 1. The van der Waals surface area contributed by atoms with E-state index in [1.165, 1.54) is 0 Å². The Hall–Kier alpha value is -0.860. The number of pyridine rings is 1.